The minimum atomic E-state index is -0.589. The lowest BCUT2D eigenvalue weighted by Crippen LogP contribution is -2.39. The van der Waals surface area contributed by atoms with Crippen LogP contribution in [0.15, 0.2) is 48.5 Å². The van der Waals surface area contributed by atoms with Crippen molar-refractivity contribution < 1.29 is 9.18 Å². The summed E-state index contributed by atoms with van der Waals surface area (Å²) in [4.78, 5) is 12.7. The molecule has 106 valence electrons. The molecule has 4 rings (SSSR count). The molecule has 2 aliphatic heterocycles. The van der Waals surface area contributed by atoms with E-state index in [0.717, 1.165) is 29.8 Å². The third kappa shape index (κ3) is 1.66. The molecule has 0 bridgehead atoms. The van der Waals surface area contributed by atoms with Crippen molar-refractivity contribution >= 4 is 11.6 Å². The van der Waals surface area contributed by atoms with E-state index < -0.39 is 5.41 Å². The van der Waals surface area contributed by atoms with E-state index in [2.05, 4.69) is 10.6 Å². The normalized spacial score (nSPS) is 26.9. The molecule has 1 amide bonds. The van der Waals surface area contributed by atoms with Crippen molar-refractivity contribution in [3.8, 4) is 0 Å². The Bertz CT molecular complexity index is 713. The Kier molecular flexibility index (Phi) is 2.62. The molecule has 2 heterocycles. The zero-order valence-corrected chi connectivity index (χ0v) is 11.4. The van der Waals surface area contributed by atoms with Crippen LogP contribution < -0.4 is 10.6 Å². The van der Waals surface area contributed by atoms with E-state index in [1.165, 1.54) is 12.1 Å². The Balaban J connectivity index is 1.86. The summed E-state index contributed by atoms with van der Waals surface area (Å²) in [5, 5.41) is 6.40. The molecule has 0 unspecified atom stereocenters. The molecule has 21 heavy (non-hydrogen) atoms. The minimum Gasteiger partial charge on any atom is -0.325 e. The average Bonchev–Trinajstić information content (AvgIpc) is 3.05. The fraction of sp³-hybridized carbons (Fsp3) is 0.235. The molecule has 0 radical (unpaired) electrons. The van der Waals surface area contributed by atoms with E-state index in [0.29, 0.717) is 0 Å². The zero-order valence-electron chi connectivity index (χ0n) is 11.4. The highest BCUT2D eigenvalue weighted by atomic mass is 19.1. The molecule has 2 aliphatic rings. The Morgan fingerprint density at radius 1 is 1.10 bits per heavy atom. The number of anilines is 1. The van der Waals surface area contributed by atoms with Crippen LogP contribution in [0.4, 0.5) is 10.1 Å². The predicted octanol–water partition coefficient (Wildman–Crippen LogP) is 2.75. The lowest BCUT2D eigenvalue weighted by molar-refractivity contribution is -0.121. The zero-order chi connectivity index (χ0) is 14.4. The third-order valence-corrected chi connectivity index (χ3v) is 4.63. The number of hydrogen-bond acceptors (Lipinski definition) is 2. The summed E-state index contributed by atoms with van der Waals surface area (Å²) in [6.07, 6.45) is 0.748. The predicted molar refractivity (Wildman–Crippen MR) is 78.5 cm³/mol. The quantitative estimate of drug-likeness (QED) is 0.844. The van der Waals surface area contributed by atoms with E-state index in [1.807, 2.05) is 24.3 Å². The molecule has 0 aliphatic carbocycles. The first-order chi connectivity index (χ1) is 10.2. The van der Waals surface area contributed by atoms with Crippen LogP contribution in [-0.2, 0) is 10.2 Å². The topological polar surface area (TPSA) is 41.1 Å². The van der Waals surface area contributed by atoms with Crippen molar-refractivity contribution in [3.63, 3.8) is 0 Å². The fourth-order valence-corrected chi connectivity index (χ4v) is 3.66. The molecule has 2 atom stereocenters. The van der Waals surface area contributed by atoms with Crippen LogP contribution in [0.2, 0.25) is 0 Å². The van der Waals surface area contributed by atoms with Gasteiger partial charge in [0.2, 0.25) is 5.91 Å². The number of carbonyl (C=O) groups excluding carboxylic acids is 1. The van der Waals surface area contributed by atoms with E-state index in [1.54, 1.807) is 12.1 Å². The number of benzene rings is 2. The molecular weight excluding hydrogens is 267 g/mol. The van der Waals surface area contributed by atoms with E-state index in [4.69, 9.17) is 0 Å². The number of halogens is 1. The van der Waals surface area contributed by atoms with Gasteiger partial charge in [-0.15, -0.1) is 0 Å². The van der Waals surface area contributed by atoms with Crippen LogP contribution in [0.1, 0.15) is 23.6 Å². The summed E-state index contributed by atoms with van der Waals surface area (Å²) < 4.78 is 13.2. The summed E-state index contributed by atoms with van der Waals surface area (Å²) in [5.74, 6) is -0.231. The maximum Gasteiger partial charge on any atom is 0.237 e. The van der Waals surface area contributed by atoms with Crippen LogP contribution in [0, 0.1) is 5.82 Å². The monoisotopic (exact) mass is 282 g/mol. The van der Waals surface area contributed by atoms with Gasteiger partial charge in [-0.1, -0.05) is 30.3 Å². The van der Waals surface area contributed by atoms with Gasteiger partial charge in [-0.05, 0) is 42.3 Å². The number of nitrogens with one attached hydrogen (secondary N) is 2. The van der Waals surface area contributed by atoms with Gasteiger partial charge in [0.1, 0.15) is 5.82 Å². The number of hydrogen-bond donors (Lipinski definition) is 2. The standard InChI is InChI=1S/C17H15FN2O/c18-12-7-5-11(6-8-12)15-17(9-10-19-15)13-3-1-2-4-14(13)20-16(17)21/h1-8,15,19H,9-10H2,(H,20,21)/t15-,17-/m1/s1. The number of para-hydroxylation sites is 1. The minimum absolute atomic E-state index is 0.0306. The summed E-state index contributed by atoms with van der Waals surface area (Å²) >= 11 is 0. The molecule has 1 saturated heterocycles. The molecule has 2 aromatic carbocycles. The summed E-state index contributed by atoms with van der Waals surface area (Å²) in [5.41, 5.74) is 2.28. The molecule has 0 saturated carbocycles. The largest absolute Gasteiger partial charge is 0.325 e. The second-order valence-corrected chi connectivity index (χ2v) is 5.66. The molecule has 0 aromatic heterocycles. The molecule has 4 heteroatoms. The molecule has 2 N–H and O–H groups in total. The first-order valence-corrected chi connectivity index (χ1v) is 7.11. The molecule has 1 fully saturated rings. The SMILES string of the molecule is O=C1Nc2ccccc2[C@@]12CCN[C@@H]2c1ccc(F)cc1. The van der Waals surface area contributed by atoms with Crippen LogP contribution in [0.5, 0.6) is 0 Å². The van der Waals surface area contributed by atoms with E-state index in [-0.39, 0.29) is 17.8 Å². The van der Waals surface area contributed by atoms with Crippen LogP contribution in [-0.4, -0.2) is 12.5 Å². The Labute approximate surface area is 122 Å². The van der Waals surface area contributed by atoms with Crippen molar-refractivity contribution in [2.45, 2.75) is 17.9 Å². The van der Waals surface area contributed by atoms with Gasteiger partial charge in [0, 0.05) is 5.69 Å². The van der Waals surface area contributed by atoms with Gasteiger partial charge in [0.15, 0.2) is 0 Å². The number of amides is 1. The maximum absolute atomic E-state index is 13.2. The van der Waals surface area contributed by atoms with Crippen molar-refractivity contribution in [1.82, 2.24) is 5.32 Å². The van der Waals surface area contributed by atoms with Crippen LogP contribution in [0.3, 0.4) is 0 Å². The number of rotatable bonds is 1. The fourth-order valence-electron chi connectivity index (χ4n) is 3.66. The van der Waals surface area contributed by atoms with E-state index in [9.17, 15) is 9.18 Å². The molecule has 3 nitrogen and oxygen atoms in total. The second-order valence-electron chi connectivity index (χ2n) is 5.66. The van der Waals surface area contributed by atoms with E-state index >= 15 is 0 Å². The smallest absolute Gasteiger partial charge is 0.237 e. The van der Waals surface area contributed by atoms with Gasteiger partial charge in [-0.25, -0.2) is 4.39 Å². The van der Waals surface area contributed by atoms with Gasteiger partial charge in [0.25, 0.3) is 0 Å². The van der Waals surface area contributed by atoms with Crippen molar-refractivity contribution in [2.24, 2.45) is 0 Å². The van der Waals surface area contributed by atoms with Gasteiger partial charge in [-0.3, -0.25) is 4.79 Å². The number of carbonyl (C=O) groups is 1. The third-order valence-electron chi connectivity index (χ3n) is 4.63. The van der Waals surface area contributed by atoms with Gasteiger partial charge in [0.05, 0.1) is 11.5 Å². The van der Waals surface area contributed by atoms with Crippen LogP contribution in [0.25, 0.3) is 0 Å². The van der Waals surface area contributed by atoms with Crippen molar-refractivity contribution in [3.05, 3.63) is 65.5 Å². The van der Waals surface area contributed by atoms with Gasteiger partial charge >= 0.3 is 0 Å². The molecule has 1 spiro atoms. The van der Waals surface area contributed by atoms with Crippen LogP contribution >= 0.6 is 0 Å². The summed E-state index contributed by atoms with van der Waals surface area (Å²) in [6, 6.07) is 14.1. The highest BCUT2D eigenvalue weighted by Gasteiger charge is 2.55. The lowest BCUT2D eigenvalue weighted by atomic mass is 9.73. The first-order valence-electron chi connectivity index (χ1n) is 7.11. The highest BCUT2D eigenvalue weighted by molar-refractivity contribution is 6.07. The summed E-state index contributed by atoms with van der Waals surface area (Å²) in [6.45, 7) is 0.768. The average molecular weight is 282 g/mol. The van der Waals surface area contributed by atoms with Crippen molar-refractivity contribution in [2.75, 3.05) is 11.9 Å². The first kappa shape index (κ1) is 12.5. The Hall–Kier alpha value is -2.20. The molecule has 2 aromatic rings. The van der Waals surface area contributed by atoms with Crippen molar-refractivity contribution in [1.29, 1.82) is 0 Å². The van der Waals surface area contributed by atoms with Gasteiger partial charge < -0.3 is 10.6 Å². The highest BCUT2D eigenvalue weighted by Crippen LogP contribution is 2.50. The second kappa shape index (κ2) is 4.40. The Morgan fingerprint density at radius 3 is 2.67 bits per heavy atom. The maximum atomic E-state index is 13.2. The lowest BCUT2D eigenvalue weighted by Gasteiger charge is -2.29. The van der Waals surface area contributed by atoms with Gasteiger partial charge in [-0.2, -0.15) is 0 Å². The summed E-state index contributed by atoms with van der Waals surface area (Å²) in [7, 11) is 0. The molecular formula is C17H15FN2O. The number of fused-ring (bicyclic) bond motifs is 2. The Morgan fingerprint density at radius 2 is 1.86 bits per heavy atom.